The minimum absolute atomic E-state index is 0.409. The third-order valence-electron chi connectivity index (χ3n) is 1.98. The Bertz CT molecular complexity index is 329. The fraction of sp³-hybridized carbons (Fsp3) is 0.375. The molecule has 0 amide bonds. The predicted molar refractivity (Wildman–Crippen MR) is 56.2 cm³/mol. The van der Waals surface area contributed by atoms with Crippen molar-refractivity contribution in [3.05, 3.63) is 21.6 Å². The summed E-state index contributed by atoms with van der Waals surface area (Å²) in [4.78, 5) is 11.3. The predicted octanol–water partition coefficient (Wildman–Crippen LogP) is 3.57. The van der Waals surface area contributed by atoms with Crippen LogP contribution in [0.4, 0.5) is 0 Å². The molecule has 0 saturated carbocycles. The molecule has 2 nitrogen and oxygen atoms in total. The summed E-state index contributed by atoms with van der Waals surface area (Å²) in [5, 5.41) is 1.62. The van der Waals surface area contributed by atoms with E-state index in [1.807, 2.05) is 0 Å². The van der Waals surface area contributed by atoms with Gasteiger partial charge in [0, 0.05) is 0 Å². The van der Waals surface area contributed by atoms with Gasteiger partial charge in [-0.3, -0.25) is 0 Å². The van der Waals surface area contributed by atoms with Crippen LogP contribution in [0.1, 0.15) is 6.42 Å². The molecule has 0 radical (unpaired) electrons. The molecule has 1 rings (SSSR count). The normalized spacial score (nSPS) is 19.4. The molecular formula is C8H10Cl3O2Ti. The third-order valence-corrected chi connectivity index (χ3v) is 7.55. The summed E-state index contributed by atoms with van der Waals surface area (Å²) in [5.41, 5.74) is 0.409. The number of methoxy groups -OCH3 is 1. The summed E-state index contributed by atoms with van der Waals surface area (Å²) < 4.78 is 5.25. The van der Waals surface area contributed by atoms with Gasteiger partial charge < -0.3 is 0 Å². The van der Waals surface area contributed by atoms with Gasteiger partial charge in [0.15, 0.2) is 0 Å². The molecular weight excluding hydrogens is 282 g/mol. The van der Waals surface area contributed by atoms with Crippen molar-refractivity contribution in [3.8, 4) is 0 Å². The van der Waals surface area contributed by atoms with E-state index in [0.29, 0.717) is 15.9 Å². The van der Waals surface area contributed by atoms with Crippen molar-refractivity contribution in [2.24, 2.45) is 0 Å². The van der Waals surface area contributed by atoms with E-state index >= 15 is 0 Å². The number of allylic oxidation sites excluding steroid dienone is 2. The Kier molecular flexibility index (Phi) is 3.46. The van der Waals surface area contributed by atoms with Crippen LogP contribution in [0.25, 0.3) is 0 Å². The average Bonchev–Trinajstić information content (AvgIpc) is 2.48. The third kappa shape index (κ3) is 2.77. The van der Waals surface area contributed by atoms with Crippen LogP contribution in [-0.2, 0) is 21.7 Å². The molecule has 1 aliphatic rings. The Labute approximate surface area is 95.4 Å². The zero-order valence-electron chi connectivity index (χ0n) is 7.81. The number of rotatable bonds is 2. The first-order valence-electron chi connectivity index (χ1n) is 4.02. The van der Waals surface area contributed by atoms with Crippen LogP contribution < -0.4 is 0 Å². The van der Waals surface area contributed by atoms with Crippen molar-refractivity contribution in [2.45, 2.75) is 11.6 Å². The molecule has 0 aromatic carbocycles. The second kappa shape index (κ2) is 3.84. The van der Waals surface area contributed by atoms with Gasteiger partial charge in [0.25, 0.3) is 0 Å². The van der Waals surface area contributed by atoms with E-state index in [0.717, 1.165) is 0 Å². The summed E-state index contributed by atoms with van der Waals surface area (Å²) in [5.74, 6) is -0.437. The molecule has 14 heavy (non-hydrogen) atoms. The van der Waals surface area contributed by atoms with Gasteiger partial charge in [0.1, 0.15) is 0 Å². The van der Waals surface area contributed by atoms with E-state index in [1.54, 1.807) is 17.4 Å². The Morgan fingerprint density at radius 3 is 2.50 bits per heavy atom. The maximum atomic E-state index is 11.3. The molecule has 79 valence electrons. The molecule has 0 aliphatic heterocycles. The maximum absolute atomic E-state index is 11.3. The van der Waals surface area contributed by atoms with E-state index in [1.165, 1.54) is 7.11 Å². The average molecular weight is 292 g/mol. The molecule has 0 unspecified atom stereocenters. The number of carbonyl (C=O) groups excluding carboxylic acids is 1. The molecule has 6 heteroatoms. The standard InChI is InChI=1S/C7H7O2.CH3.3ClH.Ti/c1-9-7(8)6-4-2-3-5-6;;;;;/h2,4H,3H2,1H3;1H3;3*1H;/q;;;;;+3/p-3. The SMILES string of the molecule is COC(=O)C1=[C]([Ti]([CH3])([Cl])([Cl])[Cl])CC=C1. The summed E-state index contributed by atoms with van der Waals surface area (Å²) in [6.45, 7) is 0. The molecule has 1 aliphatic carbocycles. The second-order valence-electron chi connectivity index (χ2n) is 3.31. The first-order chi connectivity index (χ1) is 6.22. The van der Waals surface area contributed by atoms with E-state index in [2.05, 4.69) is 4.74 Å². The van der Waals surface area contributed by atoms with E-state index in [-0.39, 0.29) is 0 Å². The minimum atomic E-state index is -4.07. The number of halogens is 3. The van der Waals surface area contributed by atoms with Crippen LogP contribution in [0, 0.1) is 0 Å². The van der Waals surface area contributed by atoms with Crippen LogP contribution in [0.2, 0.25) is 5.23 Å². The first kappa shape index (κ1) is 12.6. The van der Waals surface area contributed by atoms with E-state index in [9.17, 15) is 4.79 Å². The quantitative estimate of drug-likeness (QED) is 0.574. The van der Waals surface area contributed by atoms with Crippen LogP contribution in [0.5, 0.6) is 0 Å². The summed E-state index contributed by atoms with van der Waals surface area (Å²) in [7, 11) is 19.6. The van der Waals surface area contributed by atoms with Crippen LogP contribution in [-0.4, -0.2) is 13.1 Å². The second-order valence-corrected chi connectivity index (χ2v) is 22.4. The summed E-state index contributed by atoms with van der Waals surface area (Å²) in [6, 6.07) is 0. The van der Waals surface area contributed by atoms with Crippen molar-refractivity contribution in [3.63, 3.8) is 0 Å². The van der Waals surface area contributed by atoms with Crippen molar-refractivity contribution < 1.29 is 21.7 Å². The number of hydrogen-bond donors (Lipinski definition) is 0. The summed E-state index contributed by atoms with van der Waals surface area (Å²) in [6.07, 6.45) is 4.00. The molecule has 0 aromatic rings. The topological polar surface area (TPSA) is 26.3 Å². The Morgan fingerprint density at radius 1 is 1.50 bits per heavy atom. The van der Waals surface area contributed by atoms with Gasteiger partial charge in [-0.2, -0.15) is 0 Å². The zero-order chi connectivity index (χ0) is 11.0. The molecule has 0 aromatic heterocycles. The number of carbonyl (C=O) groups is 1. The van der Waals surface area contributed by atoms with Gasteiger partial charge in [-0.25, -0.2) is 0 Å². The fourth-order valence-electron chi connectivity index (χ4n) is 1.31. The van der Waals surface area contributed by atoms with Gasteiger partial charge in [-0.15, -0.1) is 0 Å². The van der Waals surface area contributed by atoms with Crippen molar-refractivity contribution >= 4 is 33.9 Å². The van der Waals surface area contributed by atoms with Crippen molar-refractivity contribution in [1.29, 1.82) is 0 Å². The number of esters is 1. The molecule has 0 atom stereocenters. The number of ether oxygens (including phenoxy) is 1. The van der Waals surface area contributed by atoms with Gasteiger partial charge in [0.05, 0.1) is 0 Å². The van der Waals surface area contributed by atoms with Gasteiger partial charge in [0.2, 0.25) is 0 Å². The molecule has 0 bridgehead atoms. The van der Waals surface area contributed by atoms with Gasteiger partial charge >= 0.3 is 95.9 Å². The first-order valence-corrected chi connectivity index (χ1v) is 12.8. The molecule has 0 heterocycles. The zero-order valence-corrected chi connectivity index (χ0v) is 11.6. The number of hydrogen-bond acceptors (Lipinski definition) is 2. The summed E-state index contributed by atoms with van der Waals surface area (Å²) >= 11 is -4.07. The fourth-order valence-corrected chi connectivity index (χ4v) is 5.58. The molecule has 0 fully saturated rings. The van der Waals surface area contributed by atoms with Crippen LogP contribution >= 0.6 is 27.9 Å². The monoisotopic (exact) mass is 291 g/mol. The Balaban J connectivity index is 3.17. The van der Waals surface area contributed by atoms with Crippen molar-refractivity contribution in [1.82, 2.24) is 0 Å². The van der Waals surface area contributed by atoms with E-state index < -0.39 is 18.1 Å². The molecule has 0 saturated heterocycles. The van der Waals surface area contributed by atoms with Crippen molar-refractivity contribution in [2.75, 3.05) is 7.11 Å². The Morgan fingerprint density at radius 2 is 2.07 bits per heavy atom. The van der Waals surface area contributed by atoms with Gasteiger partial charge in [-0.1, -0.05) is 0 Å². The Hall–Kier alpha value is 0.534. The molecule has 0 N–H and O–H groups in total. The van der Waals surface area contributed by atoms with E-state index in [4.69, 9.17) is 27.9 Å². The van der Waals surface area contributed by atoms with Crippen LogP contribution in [0.15, 0.2) is 21.6 Å². The van der Waals surface area contributed by atoms with Gasteiger partial charge in [-0.05, 0) is 0 Å². The van der Waals surface area contributed by atoms with Crippen LogP contribution in [0.3, 0.4) is 0 Å². The molecule has 0 spiro atoms.